The van der Waals surface area contributed by atoms with Gasteiger partial charge in [-0.3, -0.25) is 4.79 Å². The zero-order valence-electron chi connectivity index (χ0n) is 13.1. The summed E-state index contributed by atoms with van der Waals surface area (Å²) in [5.41, 5.74) is 1.01. The molecule has 2 aromatic rings. The van der Waals surface area contributed by atoms with Crippen LogP contribution in [0.15, 0.2) is 48.5 Å². The Kier molecular flexibility index (Phi) is 6.13. The maximum absolute atomic E-state index is 13.0. The highest BCUT2D eigenvalue weighted by atomic mass is 19.1. The van der Waals surface area contributed by atoms with Crippen LogP contribution in [-0.4, -0.2) is 25.1 Å². The minimum Gasteiger partial charge on any atom is -0.492 e. The molecule has 0 atom stereocenters. The van der Waals surface area contributed by atoms with Gasteiger partial charge >= 0.3 is 6.03 Å². The lowest BCUT2D eigenvalue weighted by molar-refractivity contribution is -0.114. The van der Waals surface area contributed by atoms with Gasteiger partial charge in [0.15, 0.2) is 0 Å². The molecule has 3 N–H and O–H groups in total. The molecule has 6 nitrogen and oxygen atoms in total. The van der Waals surface area contributed by atoms with Gasteiger partial charge in [-0.05, 0) is 30.3 Å². The van der Waals surface area contributed by atoms with Crippen LogP contribution in [0.5, 0.6) is 5.75 Å². The van der Waals surface area contributed by atoms with E-state index in [4.69, 9.17) is 4.74 Å². The molecule has 7 heteroatoms. The Morgan fingerprint density at radius 3 is 2.46 bits per heavy atom. The Bertz CT molecular complexity index is 722. The molecule has 0 spiro atoms. The van der Waals surface area contributed by atoms with Crippen LogP contribution in [0, 0.1) is 5.82 Å². The lowest BCUT2D eigenvalue weighted by Crippen LogP contribution is -2.32. The Morgan fingerprint density at radius 1 is 1.04 bits per heavy atom. The summed E-state index contributed by atoms with van der Waals surface area (Å²) in [6.45, 7) is 1.94. The molecular weight excluding hydrogens is 313 g/mol. The molecule has 0 radical (unpaired) electrons. The van der Waals surface area contributed by atoms with Crippen molar-refractivity contribution in [1.29, 1.82) is 0 Å². The summed E-state index contributed by atoms with van der Waals surface area (Å²) >= 11 is 0. The zero-order chi connectivity index (χ0) is 17.4. The van der Waals surface area contributed by atoms with Crippen molar-refractivity contribution >= 4 is 23.3 Å². The molecule has 0 aliphatic carbocycles. The maximum atomic E-state index is 13.0. The lowest BCUT2D eigenvalue weighted by Gasteiger charge is -2.10. The normalized spacial score (nSPS) is 9.92. The van der Waals surface area contributed by atoms with E-state index in [1.807, 2.05) is 0 Å². The number of halogens is 1. The van der Waals surface area contributed by atoms with Crippen molar-refractivity contribution in [2.45, 2.75) is 6.92 Å². The summed E-state index contributed by atoms with van der Waals surface area (Å²) in [5, 5.41) is 7.78. The molecule has 0 saturated heterocycles. The van der Waals surface area contributed by atoms with E-state index in [1.54, 1.807) is 30.3 Å². The number of benzene rings is 2. The smallest absolute Gasteiger partial charge is 0.319 e. The molecule has 0 aromatic heterocycles. The van der Waals surface area contributed by atoms with E-state index in [1.165, 1.54) is 25.1 Å². The topological polar surface area (TPSA) is 79.5 Å². The van der Waals surface area contributed by atoms with Gasteiger partial charge in [-0.25, -0.2) is 9.18 Å². The Hall–Kier alpha value is -3.09. The second-order valence-electron chi connectivity index (χ2n) is 4.95. The molecule has 0 fully saturated rings. The van der Waals surface area contributed by atoms with E-state index in [0.717, 1.165) is 0 Å². The second-order valence-corrected chi connectivity index (χ2v) is 4.95. The summed E-state index contributed by atoms with van der Waals surface area (Å²) in [6.07, 6.45) is 0. The van der Waals surface area contributed by atoms with Crippen LogP contribution in [0.25, 0.3) is 0 Å². The minimum atomic E-state index is -0.448. The SMILES string of the molecule is CC(=O)Nc1cccc(OCCNC(=O)Nc2cccc(F)c2)c1. The number of urea groups is 1. The van der Waals surface area contributed by atoms with Crippen molar-refractivity contribution in [1.82, 2.24) is 5.32 Å². The van der Waals surface area contributed by atoms with Crippen LogP contribution in [0.1, 0.15) is 6.92 Å². The number of carbonyl (C=O) groups excluding carboxylic acids is 2. The van der Waals surface area contributed by atoms with Gasteiger partial charge in [-0.15, -0.1) is 0 Å². The average molecular weight is 331 g/mol. The second kappa shape index (κ2) is 8.52. The maximum Gasteiger partial charge on any atom is 0.319 e. The number of rotatable bonds is 6. The van der Waals surface area contributed by atoms with Crippen molar-refractivity contribution in [2.24, 2.45) is 0 Å². The first kappa shape index (κ1) is 17.3. The lowest BCUT2D eigenvalue weighted by atomic mass is 10.3. The summed E-state index contributed by atoms with van der Waals surface area (Å²) in [4.78, 5) is 22.7. The van der Waals surface area contributed by atoms with Crippen molar-refractivity contribution in [2.75, 3.05) is 23.8 Å². The number of amides is 3. The first-order chi connectivity index (χ1) is 11.5. The van der Waals surface area contributed by atoms with Gasteiger partial charge in [0.25, 0.3) is 0 Å². The van der Waals surface area contributed by atoms with Crippen LogP contribution in [-0.2, 0) is 4.79 Å². The Balaban J connectivity index is 1.72. The quantitative estimate of drug-likeness (QED) is 0.712. The van der Waals surface area contributed by atoms with Gasteiger partial charge < -0.3 is 20.7 Å². The van der Waals surface area contributed by atoms with Crippen molar-refractivity contribution in [3.05, 3.63) is 54.3 Å². The molecule has 0 saturated carbocycles. The van der Waals surface area contributed by atoms with Gasteiger partial charge in [-0.2, -0.15) is 0 Å². The highest BCUT2D eigenvalue weighted by Gasteiger charge is 2.03. The number of hydrogen-bond acceptors (Lipinski definition) is 3. The third-order valence-corrected chi connectivity index (χ3v) is 2.89. The molecule has 0 aliphatic heterocycles. The fourth-order valence-electron chi connectivity index (χ4n) is 1.94. The number of ether oxygens (including phenoxy) is 1. The standard InChI is InChI=1S/C17H18FN3O3/c1-12(22)20-15-6-3-7-16(11-15)24-9-8-19-17(23)21-14-5-2-4-13(18)10-14/h2-7,10-11H,8-9H2,1H3,(H,20,22)(H2,19,21,23). The predicted octanol–water partition coefficient (Wildman–Crippen LogP) is 2.98. The average Bonchev–Trinajstić information content (AvgIpc) is 2.51. The third-order valence-electron chi connectivity index (χ3n) is 2.89. The van der Waals surface area contributed by atoms with E-state index in [2.05, 4.69) is 16.0 Å². The molecule has 24 heavy (non-hydrogen) atoms. The monoisotopic (exact) mass is 331 g/mol. The van der Waals surface area contributed by atoms with E-state index in [-0.39, 0.29) is 19.1 Å². The number of carbonyl (C=O) groups is 2. The third kappa shape index (κ3) is 5.96. The molecule has 0 bridgehead atoms. The first-order valence-electron chi connectivity index (χ1n) is 7.34. The number of anilines is 2. The molecule has 2 rings (SSSR count). The summed E-state index contributed by atoms with van der Waals surface area (Å²) in [5.74, 6) is -0.00777. The summed E-state index contributed by atoms with van der Waals surface area (Å²) in [7, 11) is 0. The van der Waals surface area contributed by atoms with Gasteiger partial charge in [0, 0.05) is 24.4 Å². The Morgan fingerprint density at radius 2 is 1.75 bits per heavy atom. The van der Waals surface area contributed by atoms with Crippen LogP contribution in [0.4, 0.5) is 20.6 Å². The molecule has 3 amide bonds. The van der Waals surface area contributed by atoms with Crippen LogP contribution >= 0.6 is 0 Å². The largest absolute Gasteiger partial charge is 0.492 e. The van der Waals surface area contributed by atoms with Crippen LogP contribution in [0.2, 0.25) is 0 Å². The Labute approximate surface area is 139 Å². The molecule has 126 valence electrons. The highest BCUT2D eigenvalue weighted by Crippen LogP contribution is 2.17. The fourth-order valence-corrected chi connectivity index (χ4v) is 1.94. The van der Waals surface area contributed by atoms with Crippen molar-refractivity contribution < 1.29 is 18.7 Å². The minimum absolute atomic E-state index is 0.164. The van der Waals surface area contributed by atoms with Crippen LogP contribution < -0.4 is 20.7 Å². The zero-order valence-corrected chi connectivity index (χ0v) is 13.1. The van der Waals surface area contributed by atoms with E-state index < -0.39 is 11.8 Å². The van der Waals surface area contributed by atoms with Gasteiger partial charge in [0.05, 0.1) is 6.54 Å². The van der Waals surface area contributed by atoms with Crippen molar-refractivity contribution in [3.63, 3.8) is 0 Å². The van der Waals surface area contributed by atoms with E-state index in [0.29, 0.717) is 17.1 Å². The van der Waals surface area contributed by atoms with E-state index in [9.17, 15) is 14.0 Å². The molecular formula is C17H18FN3O3. The highest BCUT2D eigenvalue weighted by molar-refractivity contribution is 5.89. The van der Waals surface area contributed by atoms with Gasteiger partial charge in [0.1, 0.15) is 18.2 Å². The first-order valence-corrected chi connectivity index (χ1v) is 7.34. The van der Waals surface area contributed by atoms with Crippen molar-refractivity contribution in [3.8, 4) is 5.75 Å². The summed E-state index contributed by atoms with van der Waals surface area (Å²) < 4.78 is 18.5. The fraction of sp³-hybridized carbons (Fsp3) is 0.176. The number of hydrogen-bond donors (Lipinski definition) is 3. The van der Waals surface area contributed by atoms with E-state index >= 15 is 0 Å². The molecule has 0 aliphatic rings. The predicted molar refractivity (Wildman–Crippen MR) is 89.7 cm³/mol. The molecule has 2 aromatic carbocycles. The van der Waals surface area contributed by atoms with Gasteiger partial charge in [0.2, 0.25) is 5.91 Å². The molecule has 0 heterocycles. The number of nitrogens with one attached hydrogen (secondary N) is 3. The summed E-state index contributed by atoms with van der Waals surface area (Å²) in [6, 6.07) is 12.1. The molecule has 0 unspecified atom stereocenters. The van der Waals surface area contributed by atoms with Crippen LogP contribution in [0.3, 0.4) is 0 Å². The van der Waals surface area contributed by atoms with Gasteiger partial charge in [-0.1, -0.05) is 12.1 Å².